The van der Waals surface area contributed by atoms with Gasteiger partial charge in [0.05, 0.1) is 6.04 Å². The van der Waals surface area contributed by atoms with Gasteiger partial charge in [0.1, 0.15) is 11.5 Å². The summed E-state index contributed by atoms with van der Waals surface area (Å²) in [6.45, 7) is 5.23. The second-order valence-corrected chi connectivity index (χ2v) is 6.58. The average Bonchev–Trinajstić information content (AvgIpc) is 2.87. The maximum absolute atomic E-state index is 5.93. The fourth-order valence-corrected chi connectivity index (χ4v) is 3.48. The molecule has 1 heterocycles. The summed E-state index contributed by atoms with van der Waals surface area (Å²) >= 11 is 7.10. The Labute approximate surface area is 137 Å². The van der Waals surface area contributed by atoms with Crippen LogP contribution >= 0.6 is 31.9 Å². The van der Waals surface area contributed by atoms with Crippen molar-refractivity contribution in [1.82, 2.24) is 5.32 Å². The van der Waals surface area contributed by atoms with E-state index in [1.165, 1.54) is 5.56 Å². The van der Waals surface area contributed by atoms with Crippen LogP contribution in [-0.2, 0) is 6.42 Å². The first-order valence-electron chi connectivity index (χ1n) is 6.92. The Balaban J connectivity index is 2.35. The Hall–Kier alpha value is -0.580. The van der Waals surface area contributed by atoms with Crippen molar-refractivity contribution in [2.45, 2.75) is 32.7 Å². The van der Waals surface area contributed by atoms with Gasteiger partial charge in [-0.25, -0.2) is 0 Å². The van der Waals surface area contributed by atoms with E-state index in [9.17, 15) is 0 Å². The Bertz CT molecular complexity index is 545. The molecule has 1 aromatic heterocycles. The molecule has 1 N–H and O–H groups in total. The molecule has 1 aromatic carbocycles. The molecule has 20 heavy (non-hydrogen) atoms. The molecule has 0 bridgehead atoms. The third kappa shape index (κ3) is 3.96. The van der Waals surface area contributed by atoms with E-state index in [0.29, 0.717) is 0 Å². The minimum atomic E-state index is 0.0871. The summed E-state index contributed by atoms with van der Waals surface area (Å²) in [5, 5.41) is 3.56. The number of furan rings is 1. The third-order valence-corrected chi connectivity index (χ3v) is 4.05. The molecular weight excluding hydrogens is 382 g/mol. The number of benzene rings is 1. The maximum atomic E-state index is 5.93. The molecule has 0 saturated heterocycles. The lowest BCUT2D eigenvalue weighted by molar-refractivity contribution is 0.422. The lowest BCUT2D eigenvalue weighted by Crippen LogP contribution is -2.22. The van der Waals surface area contributed by atoms with Crippen LogP contribution in [0.4, 0.5) is 0 Å². The molecule has 0 aliphatic rings. The van der Waals surface area contributed by atoms with Gasteiger partial charge in [0.2, 0.25) is 0 Å². The molecule has 0 fully saturated rings. The Morgan fingerprint density at radius 2 is 1.80 bits per heavy atom. The summed E-state index contributed by atoms with van der Waals surface area (Å²) in [5.74, 6) is 2.00. The molecule has 1 unspecified atom stereocenters. The highest BCUT2D eigenvalue weighted by Gasteiger charge is 2.18. The molecule has 2 nitrogen and oxygen atoms in total. The van der Waals surface area contributed by atoms with Crippen molar-refractivity contribution in [3.05, 3.63) is 56.4 Å². The van der Waals surface area contributed by atoms with E-state index in [1.807, 2.05) is 6.07 Å². The number of aryl methyl sites for hydroxylation is 1. The summed E-state index contributed by atoms with van der Waals surface area (Å²) < 4.78 is 8.06. The van der Waals surface area contributed by atoms with Crippen LogP contribution in [0, 0.1) is 0 Å². The van der Waals surface area contributed by atoms with Crippen molar-refractivity contribution < 1.29 is 4.42 Å². The van der Waals surface area contributed by atoms with Crippen LogP contribution in [-0.4, -0.2) is 6.54 Å². The van der Waals surface area contributed by atoms with E-state index < -0.39 is 0 Å². The van der Waals surface area contributed by atoms with Gasteiger partial charge in [0.15, 0.2) is 0 Å². The second kappa shape index (κ2) is 7.43. The minimum absolute atomic E-state index is 0.0871. The van der Waals surface area contributed by atoms with Gasteiger partial charge >= 0.3 is 0 Å². The zero-order valence-electron chi connectivity index (χ0n) is 11.7. The Kier molecular flexibility index (Phi) is 5.87. The smallest absolute Gasteiger partial charge is 0.125 e. The molecule has 108 valence electrons. The van der Waals surface area contributed by atoms with Crippen LogP contribution in [0.1, 0.15) is 43.4 Å². The highest BCUT2D eigenvalue weighted by molar-refractivity contribution is 9.11. The zero-order chi connectivity index (χ0) is 14.5. The Morgan fingerprint density at radius 1 is 1.10 bits per heavy atom. The van der Waals surface area contributed by atoms with Gasteiger partial charge in [-0.15, -0.1) is 0 Å². The van der Waals surface area contributed by atoms with Crippen molar-refractivity contribution in [3.63, 3.8) is 0 Å². The van der Waals surface area contributed by atoms with Gasteiger partial charge in [-0.3, -0.25) is 0 Å². The summed E-state index contributed by atoms with van der Waals surface area (Å²) in [7, 11) is 0. The highest BCUT2D eigenvalue weighted by Crippen LogP contribution is 2.29. The predicted octanol–water partition coefficient (Wildman–Crippen LogP) is 5.46. The number of halogens is 2. The van der Waals surface area contributed by atoms with Crippen LogP contribution in [0.15, 0.2) is 43.7 Å². The van der Waals surface area contributed by atoms with Crippen molar-refractivity contribution in [1.29, 1.82) is 0 Å². The van der Waals surface area contributed by atoms with Gasteiger partial charge in [0.25, 0.3) is 0 Å². The van der Waals surface area contributed by atoms with Crippen LogP contribution in [0.5, 0.6) is 0 Å². The van der Waals surface area contributed by atoms with Gasteiger partial charge < -0.3 is 9.73 Å². The summed E-state index contributed by atoms with van der Waals surface area (Å²) in [6.07, 6.45) is 2.01. The molecule has 0 radical (unpaired) electrons. The zero-order valence-corrected chi connectivity index (χ0v) is 14.9. The SMILES string of the molecule is CCCNC(c1cc(Br)cc(Br)c1)c1ccc(CC)o1. The quantitative estimate of drug-likeness (QED) is 0.696. The predicted molar refractivity (Wildman–Crippen MR) is 90.1 cm³/mol. The molecule has 0 spiro atoms. The number of hydrogen-bond donors (Lipinski definition) is 1. The monoisotopic (exact) mass is 399 g/mol. The first-order chi connectivity index (χ1) is 9.63. The second-order valence-electron chi connectivity index (χ2n) is 4.75. The van der Waals surface area contributed by atoms with E-state index in [-0.39, 0.29) is 6.04 Å². The molecule has 2 rings (SSSR count). The van der Waals surface area contributed by atoms with E-state index in [0.717, 1.165) is 39.9 Å². The molecule has 0 aliphatic heterocycles. The summed E-state index contributed by atoms with van der Waals surface area (Å²) in [4.78, 5) is 0. The highest BCUT2D eigenvalue weighted by atomic mass is 79.9. The number of hydrogen-bond acceptors (Lipinski definition) is 2. The molecule has 4 heteroatoms. The lowest BCUT2D eigenvalue weighted by Gasteiger charge is -2.17. The van der Waals surface area contributed by atoms with Gasteiger partial charge in [-0.2, -0.15) is 0 Å². The number of rotatable bonds is 6. The minimum Gasteiger partial charge on any atom is -0.464 e. The number of nitrogens with one attached hydrogen (secondary N) is 1. The molecular formula is C16H19Br2NO. The van der Waals surface area contributed by atoms with Crippen molar-refractivity contribution in [2.24, 2.45) is 0 Å². The average molecular weight is 401 g/mol. The van der Waals surface area contributed by atoms with Crippen molar-refractivity contribution in [3.8, 4) is 0 Å². The van der Waals surface area contributed by atoms with E-state index >= 15 is 0 Å². The Morgan fingerprint density at radius 3 is 2.35 bits per heavy atom. The first-order valence-corrected chi connectivity index (χ1v) is 8.50. The molecule has 2 aromatic rings. The van der Waals surface area contributed by atoms with Gasteiger partial charge in [-0.05, 0) is 48.9 Å². The van der Waals surface area contributed by atoms with Crippen LogP contribution in [0.3, 0.4) is 0 Å². The molecule has 0 amide bonds. The molecule has 0 aliphatic carbocycles. The normalized spacial score (nSPS) is 12.6. The topological polar surface area (TPSA) is 25.2 Å². The lowest BCUT2D eigenvalue weighted by atomic mass is 10.0. The largest absolute Gasteiger partial charge is 0.464 e. The van der Waals surface area contributed by atoms with E-state index in [1.54, 1.807) is 0 Å². The standard InChI is InChI=1S/C16H19Br2NO/c1-3-7-19-16(15-6-5-14(4-2)20-15)11-8-12(17)10-13(18)9-11/h5-6,8-10,16,19H,3-4,7H2,1-2H3. The summed E-state index contributed by atoms with van der Waals surface area (Å²) in [6, 6.07) is 10.5. The third-order valence-electron chi connectivity index (χ3n) is 3.13. The van der Waals surface area contributed by atoms with E-state index in [2.05, 4.69) is 75.3 Å². The van der Waals surface area contributed by atoms with Crippen molar-refractivity contribution in [2.75, 3.05) is 6.54 Å². The fourth-order valence-electron chi connectivity index (χ4n) is 2.15. The van der Waals surface area contributed by atoms with Gasteiger partial charge in [-0.1, -0.05) is 45.7 Å². The summed E-state index contributed by atoms with van der Waals surface area (Å²) in [5.41, 5.74) is 1.19. The maximum Gasteiger partial charge on any atom is 0.125 e. The molecule has 1 atom stereocenters. The molecule has 0 saturated carbocycles. The first kappa shape index (κ1) is 15.8. The van der Waals surface area contributed by atoms with Crippen molar-refractivity contribution >= 4 is 31.9 Å². The van der Waals surface area contributed by atoms with Crippen LogP contribution < -0.4 is 5.32 Å². The van der Waals surface area contributed by atoms with Crippen LogP contribution in [0.25, 0.3) is 0 Å². The fraction of sp³-hybridized carbons (Fsp3) is 0.375. The van der Waals surface area contributed by atoms with Crippen LogP contribution in [0.2, 0.25) is 0 Å². The van der Waals surface area contributed by atoms with E-state index in [4.69, 9.17) is 4.42 Å². The van der Waals surface area contributed by atoms with Gasteiger partial charge in [0, 0.05) is 15.4 Å².